The predicted molar refractivity (Wildman–Crippen MR) is 119 cm³/mol. The van der Waals surface area contributed by atoms with E-state index in [-0.39, 0.29) is 5.56 Å². The van der Waals surface area contributed by atoms with E-state index in [9.17, 15) is 4.79 Å². The van der Waals surface area contributed by atoms with Crippen molar-refractivity contribution in [3.05, 3.63) is 56.1 Å². The van der Waals surface area contributed by atoms with Crippen LogP contribution in [0.25, 0.3) is 11.0 Å². The van der Waals surface area contributed by atoms with Gasteiger partial charge in [0.05, 0.1) is 28.7 Å². The number of likely N-dealkylation sites (tertiary alicyclic amines) is 1. The SMILES string of the molecule is COc1cnc2ccc(=O)n(CCN3CCC(CCc4ccc(Cl)s4)CC3)c2c1. The quantitative estimate of drug-likeness (QED) is 0.554. The molecule has 0 saturated carbocycles. The highest BCUT2D eigenvalue weighted by molar-refractivity contribution is 7.16. The topological polar surface area (TPSA) is 47.4 Å². The summed E-state index contributed by atoms with van der Waals surface area (Å²) in [6.07, 6.45) is 6.49. The summed E-state index contributed by atoms with van der Waals surface area (Å²) >= 11 is 7.72. The summed E-state index contributed by atoms with van der Waals surface area (Å²) in [5, 5.41) is 0. The molecule has 0 aromatic carbocycles. The van der Waals surface area contributed by atoms with Gasteiger partial charge in [-0.15, -0.1) is 11.3 Å². The average Bonchev–Trinajstić information content (AvgIpc) is 3.17. The maximum atomic E-state index is 12.4. The maximum Gasteiger partial charge on any atom is 0.251 e. The molecular formula is C22H26ClN3O2S. The van der Waals surface area contributed by atoms with Crippen molar-refractivity contribution in [3.63, 3.8) is 0 Å². The second-order valence-electron chi connectivity index (χ2n) is 7.63. The molecule has 0 amide bonds. The molecule has 0 aliphatic carbocycles. The van der Waals surface area contributed by atoms with Crippen molar-refractivity contribution in [2.45, 2.75) is 32.2 Å². The molecule has 0 bridgehead atoms. The number of aromatic nitrogens is 2. The second-order valence-corrected chi connectivity index (χ2v) is 9.43. The van der Waals surface area contributed by atoms with Gasteiger partial charge in [0.15, 0.2) is 0 Å². The minimum atomic E-state index is 0.0112. The molecule has 7 heteroatoms. The molecular weight excluding hydrogens is 406 g/mol. The number of piperidine rings is 1. The number of hydrogen-bond acceptors (Lipinski definition) is 5. The van der Waals surface area contributed by atoms with E-state index in [4.69, 9.17) is 16.3 Å². The molecule has 3 aromatic heterocycles. The standard InChI is InChI=1S/C22H26ClN3O2S/c1-28-17-14-20-19(24-15-17)5-7-22(27)26(20)13-12-25-10-8-16(9-11-25)2-3-18-4-6-21(23)29-18/h4-7,14-16H,2-3,8-13H2,1H3. The summed E-state index contributed by atoms with van der Waals surface area (Å²) in [4.78, 5) is 20.7. The van der Waals surface area contributed by atoms with Crippen LogP contribution in [-0.4, -0.2) is 41.2 Å². The van der Waals surface area contributed by atoms with Gasteiger partial charge in [0.25, 0.3) is 5.56 Å². The van der Waals surface area contributed by atoms with Gasteiger partial charge < -0.3 is 14.2 Å². The number of thiophene rings is 1. The number of ether oxygens (including phenoxy) is 1. The zero-order valence-electron chi connectivity index (χ0n) is 16.6. The van der Waals surface area contributed by atoms with E-state index in [0.29, 0.717) is 12.3 Å². The zero-order chi connectivity index (χ0) is 20.2. The Labute approximate surface area is 179 Å². The van der Waals surface area contributed by atoms with Crippen LogP contribution in [0.4, 0.5) is 0 Å². The first kappa shape index (κ1) is 20.4. The molecule has 1 aliphatic heterocycles. The Hall–Kier alpha value is -1.89. The Kier molecular flexibility index (Phi) is 6.53. The van der Waals surface area contributed by atoms with Crippen molar-refractivity contribution in [1.29, 1.82) is 0 Å². The largest absolute Gasteiger partial charge is 0.495 e. The Bertz CT molecular complexity index is 1020. The molecule has 0 unspecified atom stereocenters. The number of nitrogens with zero attached hydrogens (tertiary/aromatic N) is 3. The second kappa shape index (κ2) is 9.28. The lowest BCUT2D eigenvalue weighted by Gasteiger charge is -2.32. The molecule has 4 heterocycles. The summed E-state index contributed by atoms with van der Waals surface area (Å²) in [6, 6.07) is 9.41. The van der Waals surface area contributed by atoms with E-state index < -0.39 is 0 Å². The van der Waals surface area contributed by atoms with Gasteiger partial charge in [-0.3, -0.25) is 9.78 Å². The van der Waals surface area contributed by atoms with Crippen LogP contribution in [0.1, 0.15) is 24.1 Å². The molecule has 4 rings (SSSR count). The van der Waals surface area contributed by atoms with Gasteiger partial charge in [0.1, 0.15) is 5.75 Å². The minimum Gasteiger partial charge on any atom is -0.495 e. The number of aryl methyl sites for hydroxylation is 1. The minimum absolute atomic E-state index is 0.0112. The van der Waals surface area contributed by atoms with E-state index >= 15 is 0 Å². The van der Waals surface area contributed by atoms with E-state index in [1.54, 1.807) is 36.8 Å². The van der Waals surface area contributed by atoms with Crippen molar-refractivity contribution in [1.82, 2.24) is 14.5 Å². The van der Waals surface area contributed by atoms with Crippen LogP contribution in [0.3, 0.4) is 0 Å². The highest BCUT2D eigenvalue weighted by Gasteiger charge is 2.19. The van der Waals surface area contributed by atoms with Crippen LogP contribution in [0.5, 0.6) is 5.75 Å². The molecule has 0 atom stereocenters. The monoisotopic (exact) mass is 431 g/mol. The molecule has 29 heavy (non-hydrogen) atoms. The third-order valence-electron chi connectivity index (χ3n) is 5.82. The molecule has 0 N–H and O–H groups in total. The molecule has 1 fully saturated rings. The van der Waals surface area contributed by atoms with Crippen molar-refractivity contribution in [3.8, 4) is 5.75 Å². The first-order valence-electron chi connectivity index (χ1n) is 10.1. The van der Waals surface area contributed by atoms with E-state index in [0.717, 1.165) is 47.3 Å². The van der Waals surface area contributed by atoms with Crippen LogP contribution in [0, 0.1) is 5.92 Å². The molecule has 0 radical (unpaired) electrons. The highest BCUT2D eigenvalue weighted by Crippen LogP contribution is 2.27. The smallest absolute Gasteiger partial charge is 0.251 e. The van der Waals surface area contributed by atoms with Crippen molar-refractivity contribution < 1.29 is 4.74 Å². The van der Waals surface area contributed by atoms with Gasteiger partial charge >= 0.3 is 0 Å². The third kappa shape index (κ3) is 5.00. The summed E-state index contributed by atoms with van der Waals surface area (Å²) in [5.74, 6) is 1.45. The predicted octanol–water partition coefficient (Wildman–Crippen LogP) is 4.46. The number of halogens is 1. The summed E-state index contributed by atoms with van der Waals surface area (Å²) in [6.45, 7) is 3.74. The molecule has 3 aromatic rings. The lowest BCUT2D eigenvalue weighted by Crippen LogP contribution is -2.37. The lowest BCUT2D eigenvalue weighted by atomic mass is 9.92. The Morgan fingerprint density at radius 2 is 2.03 bits per heavy atom. The van der Waals surface area contributed by atoms with Crippen molar-refractivity contribution in [2.75, 3.05) is 26.7 Å². The van der Waals surface area contributed by atoms with Crippen LogP contribution in [-0.2, 0) is 13.0 Å². The molecule has 154 valence electrons. The number of methoxy groups -OCH3 is 1. The fraction of sp³-hybridized carbons (Fsp3) is 0.455. The third-order valence-corrected chi connectivity index (χ3v) is 7.11. The number of pyridine rings is 2. The van der Waals surface area contributed by atoms with E-state index in [1.165, 1.54) is 24.1 Å². The Morgan fingerprint density at radius 3 is 2.76 bits per heavy atom. The van der Waals surface area contributed by atoms with Crippen LogP contribution in [0.15, 0.2) is 41.3 Å². The lowest BCUT2D eigenvalue weighted by molar-refractivity contribution is 0.174. The Balaban J connectivity index is 1.32. The number of rotatable bonds is 7. The van der Waals surface area contributed by atoms with Gasteiger partial charge in [-0.2, -0.15) is 0 Å². The fourth-order valence-corrected chi connectivity index (χ4v) is 5.17. The van der Waals surface area contributed by atoms with E-state index in [1.807, 2.05) is 16.7 Å². The van der Waals surface area contributed by atoms with Gasteiger partial charge in [-0.1, -0.05) is 11.6 Å². The van der Waals surface area contributed by atoms with Crippen LogP contribution < -0.4 is 10.3 Å². The van der Waals surface area contributed by atoms with E-state index in [2.05, 4.69) is 16.0 Å². The first-order chi connectivity index (χ1) is 14.1. The molecule has 0 spiro atoms. The van der Waals surface area contributed by atoms with Crippen LogP contribution in [0.2, 0.25) is 4.34 Å². The maximum absolute atomic E-state index is 12.4. The zero-order valence-corrected chi connectivity index (χ0v) is 18.2. The average molecular weight is 432 g/mol. The molecule has 1 saturated heterocycles. The van der Waals surface area contributed by atoms with Gasteiger partial charge in [-0.25, -0.2) is 0 Å². The number of hydrogen-bond donors (Lipinski definition) is 0. The van der Waals surface area contributed by atoms with Crippen molar-refractivity contribution >= 4 is 34.0 Å². The van der Waals surface area contributed by atoms with Crippen molar-refractivity contribution in [2.24, 2.45) is 5.92 Å². The van der Waals surface area contributed by atoms with Gasteiger partial charge in [-0.05, 0) is 62.9 Å². The molecule has 5 nitrogen and oxygen atoms in total. The summed E-state index contributed by atoms with van der Waals surface area (Å²) < 4.78 is 7.98. The summed E-state index contributed by atoms with van der Waals surface area (Å²) in [5.41, 5.74) is 1.66. The van der Waals surface area contributed by atoms with Gasteiger partial charge in [0.2, 0.25) is 0 Å². The molecule has 1 aliphatic rings. The fourth-order valence-electron chi connectivity index (χ4n) is 4.06. The Morgan fingerprint density at radius 1 is 1.21 bits per heavy atom. The highest BCUT2D eigenvalue weighted by atomic mass is 35.5. The van der Waals surface area contributed by atoms with Gasteiger partial charge in [0, 0.05) is 30.1 Å². The normalized spacial score (nSPS) is 15.8. The number of fused-ring (bicyclic) bond motifs is 1. The van der Waals surface area contributed by atoms with Crippen LogP contribution >= 0.6 is 22.9 Å². The summed E-state index contributed by atoms with van der Waals surface area (Å²) in [7, 11) is 1.62. The first-order valence-corrected chi connectivity index (χ1v) is 11.3.